The fourth-order valence-corrected chi connectivity index (χ4v) is 2.46. The molecule has 0 aliphatic carbocycles. The minimum Gasteiger partial charge on any atom is -0.366 e. The molecule has 7 heteroatoms. The van der Waals surface area contributed by atoms with Crippen LogP contribution < -0.4 is 10.6 Å². The SMILES string of the molecule is Cc1nc(NCc2ccccc2F)cc(C(=O)Nc2ccc(Cl)cc2)n1. The first-order chi connectivity index (χ1) is 12.5. The van der Waals surface area contributed by atoms with Gasteiger partial charge in [0.25, 0.3) is 5.91 Å². The van der Waals surface area contributed by atoms with Crippen LogP contribution >= 0.6 is 11.6 Å². The van der Waals surface area contributed by atoms with Crippen LogP contribution in [0.15, 0.2) is 54.6 Å². The zero-order chi connectivity index (χ0) is 18.5. The number of anilines is 2. The Bertz CT molecular complexity index is 931. The first kappa shape index (κ1) is 17.8. The Kier molecular flexibility index (Phi) is 5.43. The summed E-state index contributed by atoms with van der Waals surface area (Å²) in [7, 11) is 0. The van der Waals surface area contributed by atoms with Gasteiger partial charge in [-0.05, 0) is 37.3 Å². The number of carbonyl (C=O) groups excluding carboxylic acids is 1. The summed E-state index contributed by atoms with van der Waals surface area (Å²) in [6, 6.07) is 14.8. The van der Waals surface area contributed by atoms with Crippen LogP contribution in [0.2, 0.25) is 5.02 Å². The molecule has 3 rings (SSSR count). The lowest BCUT2D eigenvalue weighted by molar-refractivity contribution is 0.102. The number of amides is 1. The third-order valence-corrected chi connectivity index (χ3v) is 3.84. The Hall–Kier alpha value is -2.99. The van der Waals surface area contributed by atoms with E-state index >= 15 is 0 Å². The molecule has 1 amide bonds. The third-order valence-electron chi connectivity index (χ3n) is 3.59. The van der Waals surface area contributed by atoms with Crippen LogP contribution in [0.3, 0.4) is 0 Å². The van der Waals surface area contributed by atoms with Gasteiger partial charge in [0.1, 0.15) is 23.2 Å². The van der Waals surface area contributed by atoms with E-state index in [4.69, 9.17) is 11.6 Å². The van der Waals surface area contributed by atoms with Crippen molar-refractivity contribution in [3.8, 4) is 0 Å². The first-order valence-corrected chi connectivity index (χ1v) is 8.29. The van der Waals surface area contributed by atoms with E-state index in [-0.39, 0.29) is 24.0 Å². The average Bonchev–Trinajstić information content (AvgIpc) is 2.62. The summed E-state index contributed by atoms with van der Waals surface area (Å²) in [6.45, 7) is 1.94. The molecule has 1 heterocycles. The fourth-order valence-electron chi connectivity index (χ4n) is 2.33. The molecule has 2 N–H and O–H groups in total. The largest absolute Gasteiger partial charge is 0.366 e. The van der Waals surface area contributed by atoms with Gasteiger partial charge in [0, 0.05) is 28.9 Å². The lowest BCUT2D eigenvalue weighted by Crippen LogP contribution is -2.16. The van der Waals surface area contributed by atoms with Gasteiger partial charge in [-0.2, -0.15) is 0 Å². The number of hydrogen-bond acceptors (Lipinski definition) is 4. The van der Waals surface area contributed by atoms with Crippen LogP contribution in [0, 0.1) is 12.7 Å². The Balaban J connectivity index is 1.73. The summed E-state index contributed by atoms with van der Waals surface area (Å²) in [6.07, 6.45) is 0. The van der Waals surface area contributed by atoms with Gasteiger partial charge >= 0.3 is 0 Å². The molecular formula is C19H16ClFN4O. The molecule has 0 saturated carbocycles. The number of nitrogens with one attached hydrogen (secondary N) is 2. The van der Waals surface area contributed by atoms with Crippen molar-refractivity contribution in [1.82, 2.24) is 9.97 Å². The highest BCUT2D eigenvalue weighted by molar-refractivity contribution is 6.30. The number of benzene rings is 2. The van der Waals surface area contributed by atoms with Crippen molar-refractivity contribution in [3.05, 3.63) is 82.5 Å². The summed E-state index contributed by atoms with van der Waals surface area (Å²) >= 11 is 5.83. The number of hydrogen-bond donors (Lipinski definition) is 2. The van der Waals surface area contributed by atoms with E-state index < -0.39 is 0 Å². The van der Waals surface area contributed by atoms with E-state index in [2.05, 4.69) is 20.6 Å². The summed E-state index contributed by atoms with van der Waals surface area (Å²) in [5, 5.41) is 6.35. The molecule has 3 aromatic rings. The lowest BCUT2D eigenvalue weighted by atomic mass is 10.2. The molecule has 2 aromatic carbocycles. The molecule has 0 saturated heterocycles. The molecule has 0 radical (unpaired) electrons. The highest BCUT2D eigenvalue weighted by Crippen LogP contribution is 2.16. The van der Waals surface area contributed by atoms with Crippen molar-refractivity contribution in [2.24, 2.45) is 0 Å². The minimum atomic E-state index is -0.369. The van der Waals surface area contributed by atoms with Crippen LogP contribution in [-0.4, -0.2) is 15.9 Å². The Labute approximate surface area is 155 Å². The molecule has 1 aromatic heterocycles. The van der Waals surface area contributed by atoms with Crippen molar-refractivity contribution in [2.45, 2.75) is 13.5 Å². The van der Waals surface area contributed by atoms with E-state index in [0.29, 0.717) is 27.9 Å². The third kappa shape index (κ3) is 4.55. The van der Waals surface area contributed by atoms with E-state index in [1.807, 2.05) is 0 Å². The summed E-state index contributed by atoms with van der Waals surface area (Å²) in [5.74, 6) is 0.213. The predicted molar refractivity (Wildman–Crippen MR) is 99.9 cm³/mol. The number of carbonyl (C=O) groups is 1. The number of aromatic nitrogens is 2. The van der Waals surface area contributed by atoms with Crippen molar-refractivity contribution in [1.29, 1.82) is 0 Å². The highest BCUT2D eigenvalue weighted by atomic mass is 35.5. The second kappa shape index (κ2) is 7.93. The average molecular weight is 371 g/mol. The second-order valence-corrected chi connectivity index (χ2v) is 6.03. The number of halogens is 2. The van der Waals surface area contributed by atoms with Crippen LogP contribution in [0.25, 0.3) is 0 Å². The standard InChI is InChI=1S/C19H16ClFN4O/c1-12-23-17(19(26)25-15-8-6-14(20)7-9-15)10-18(24-12)22-11-13-4-2-3-5-16(13)21/h2-10H,11H2,1H3,(H,25,26)(H,22,23,24). The predicted octanol–water partition coefficient (Wildman–Crippen LogP) is 4.44. The van der Waals surface area contributed by atoms with Crippen molar-refractivity contribution < 1.29 is 9.18 Å². The molecule has 0 unspecified atom stereocenters. The molecule has 0 aliphatic heterocycles. The maximum atomic E-state index is 13.7. The monoisotopic (exact) mass is 370 g/mol. The van der Waals surface area contributed by atoms with Gasteiger partial charge < -0.3 is 10.6 Å². The maximum Gasteiger partial charge on any atom is 0.274 e. The molecule has 0 spiro atoms. The Morgan fingerprint density at radius 2 is 1.85 bits per heavy atom. The molecule has 0 bridgehead atoms. The maximum absolute atomic E-state index is 13.7. The minimum absolute atomic E-state index is 0.212. The van der Waals surface area contributed by atoms with Gasteiger partial charge in [-0.25, -0.2) is 14.4 Å². The molecule has 132 valence electrons. The Morgan fingerprint density at radius 1 is 1.12 bits per heavy atom. The number of rotatable bonds is 5. The van der Waals surface area contributed by atoms with Gasteiger partial charge in [0.05, 0.1) is 0 Å². The number of nitrogens with zero attached hydrogens (tertiary/aromatic N) is 2. The molecular weight excluding hydrogens is 355 g/mol. The van der Waals surface area contributed by atoms with Crippen LogP contribution in [0.4, 0.5) is 15.9 Å². The summed E-state index contributed by atoms with van der Waals surface area (Å²) in [4.78, 5) is 20.8. The van der Waals surface area contributed by atoms with Crippen molar-refractivity contribution in [3.63, 3.8) is 0 Å². The molecule has 5 nitrogen and oxygen atoms in total. The zero-order valence-electron chi connectivity index (χ0n) is 14.0. The van der Waals surface area contributed by atoms with Crippen LogP contribution in [-0.2, 0) is 6.54 Å². The normalized spacial score (nSPS) is 10.4. The first-order valence-electron chi connectivity index (χ1n) is 7.91. The van der Waals surface area contributed by atoms with Crippen LogP contribution in [0.5, 0.6) is 0 Å². The molecule has 0 aliphatic rings. The van der Waals surface area contributed by atoms with Gasteiger partial charge in [0.2, 0.25) is 0 Å². The molecule has 26 heavy (non-hydrogen) atoms. The number of aryl methyl sites for hydroxylation is 1. The van der Waals surface area contributed by atoms with Gasteiger partial charge in [-0.15, -0.1) is 0 Å². The topological polar surface area (TPSA) is 66.9 Å². The molecule has 0 atom stereocenters. The van der Waals surface area contributed by atoms with Crippen molar-refractivity contribution >= 4 is 29.0 Å². The van der Waals surface area contributed by atoms with Gasteiger partial charge in [-0.1, -0.05) is 29.8 Å². The lowest BCUT2D eigenvalue weighted by Gasteiger charge is -2.10. The van der Waals surface area contributed by atoms with Crippen molar-refractivity contribution in [2.75, 3.05) is 10.6 Å². The Morgan fingerprint density at radius 3 is 2.58 bits per heavy atom. The van der Waals surface area contributed by atoms with E-state index in [1.165, 1.54) is 12.1 Å². The smallest absolute Gasteiger partial charge is 0.274 e. The highest BCUT2D eigenvalue weighted by Gasteiger charge is 2.11. The zero-order valence-corrected chi connectivity index (χ0v) is 14.7. The summed E-state index contributed by atoms with van der Waals surface area (Å²) in [5.41, 5.74) is 1.33. The second-order valence-electron chi connectivity index (χ2n) is 5.59. The quantitative estimate of drug-likeness (QED) is 0.696. The summed E-state index contributed by atoms with van der Waals surface area (Å²) < 4.78 is 13.7. The fraction of sp³-hybridized carbons (Fsp3) is 0.105. The van der Waals surface area contributed by atoms with E-state index in [9.17, 15) is 9.18 Å². The van der Waals surface area contributed by atoms with Gasteiger partial charge in [0.15, 0.2) is 0 Å². The van der Waals surface area contributed by atoms with E-state index in [0.717, 1.165) is 0 Å². The van der Waals surface area contributed by atoms with E-state index in [1.54, 1.807) is 49.4 Å². The van der Waals surface area contributed by atoms with Crippen LogP contribution in [0.1, 0.15) is 21.9 Å². The van der Waals surface area contributed by atoms with Gasteiger partial charge in [-0.3, -0.25) is 4.79 Å². The molecule has 0 fully saturated rings.